The molecule has 2 saturated heterocycles. The summed E-state index contributed by atoms with van der Waals surface area (Å²) in [5, 5.41) is 8.96. The van der Waals surface area contributed by atoms with E-state index in [1.807, 2.05) is 24.3 Å². The summed E-state index contributed by atoms with van der Waals surface area (Å²) in [6, 6.07) is 9.73. The Morgan fingerprint density at radius 2 is 1.92 bits per heavy atom. The maximum atomic E-state index is 13.1. The summed E-state index contributed by atoms with van der Waals surface area (Å²) in [7, 11) is 0. The summed E-state index contributed by atoms with van der Waals surface area (Å²) in [6.07, 6.45) is 2.97. The van der Waals surface area contributed by atoms with Gasteiger partial charge in [-0.05, 0) is 42.9 Å². The summed E-state index contributed by atoms with van der Waals surface area (Å²) < 4.78 is 5.42. The monoisotopic (exact) mass is 339 g/mol. The van der Waals surface area contributed by atoms with Crippen molar-refractivity contribution >= 4 is 5.91 Å². The van der Waals surface area contributed by atoms with Crippen molar-refractivity contribution < 1.29 is 9.53 Å². The number of benzene rings is 1. The molecule has 1 saturated carbocycles. The molecule has 3 aliphatic rings. The van der Waals surface area contributed by atoms with E-state index in [0.29, 0.717) is 17.4 Å². The Bertz CT molecular complexity index is 669. The number of amides is 1. The van der Waals surface area contributed by atoms with E-state index in [2.05, 4.69) is 15.9 Å². The number of nitriles is 1. The van der Waals surface area contributed by atoms with E-state index in [1.54, 1.807) is 0 Å². The highest BCUT2D eigenvalue weighted by Crippen LogP contribution is 2.50. The van der Waals surface area contributed by atoms with E-state index in [1.165, 1.54) is 0 Å². The number of hydrogen-bond donors (Lipinski definition) is 0. The number of ether oxygens (including phenoxy) is 1. The van der Waals surface area contributed by atoms with Crippen LogP contribution in [0.5, 0.6) is 0 Å². The van der Waals surface area contributed by atoms with Gasteiger partial charge >= 0.3 is 0 Å². The van der Waals surface area contributed by atoms with Crippen LogP contribution in [0.15, 0.2) is 24.3 Å². The molecule has 0 N–H and O–H groups in total. The van der Waals surface area contributed by atoms with Crippen LogP contribution < -0.4 is 0 Å². The van der Waals surface area contributed by atoms with Gasteiger partial charge in [0.15, 0.2) is 0 Å². The van der Waals surface area contributed by atoms with Gasteiger partial charge in [-0.3, -0.25) is 9.69 Å². The molecule has 1 aliphatic carbocycles. The molecule has 3 fully saturated rings. The number of hydrogen-bond acceptors (Lipinski definition) is 4. The molecule has 0 bridgehead atoms. The molecule has 5 nitrogen and oxygen atoms in total. The van der Waals surface area contributed by atoms with Crippen molar-refractivity contribution in [2.24, 2.45) is 5.92 Å². The lowest BCUT2D eigenvalue weighted by atomic mass is 9.93. The number of carbonyl (C=O) groups excluding carboxylic acids is 1. The van der Waals surface area contributed by atoms with Gasteiger partial charge < -0.3 is 9.64 Å². The summed E-state index contributed by atoms with van der Waals surface area (Å²) in [6.45, 7) is 6.53. The lowest BCUT2D eigenvalue weighted by Gasteiger charge is -2.29. The molecule has 2 heterocycles. The molecule has 4 rings (SSSR count). The van der Waals surface area contributed by atoms with Gasteiger partial charge in [0.2, 0.25) is 5.91 Å². The second kappa shape index (κ2) is 6.78. The van der Waals surface area contributed by atoms with Crippen LogP contribution in [-0.4, -0.2) is 61.6 Å². The predicted molar refractivity (Wildman–Crippen MR) is 94.0 cm³/mol. The predicted octanol–water partition coefficient (Wildman–Crippen LogP) is 1.77. The molecule has 1 unspecified atom stereocenters. The minimum Gasteiger partial charge on any atom is -0.379 e. The van der Waals surface area contributed by atoms with Crippen LogP contribution in [0.1, 0.15) is 30.4 Å². The first-order valence-electron chi connectivity index (χ1n) is 9.31. The fraction of sp³-hybridized carbons (Fsp3) is 0.600. The molecule has 0 radical (unpaired) electrons. The van der Waals surface area contributed by atoms with Gasteiger partial charge in [0.05, 0.1) is 30.3 Å². The fourth-order valence-corrected chi connectivity index (χ4v) is 4.23. The maximum Gasteiger partial charge on any atom is 0.233 e. The van der Waals surface area contributed by atoms with Crippen molar-refractivity contribution in [3.8, 4) is 6.07 Å². The molecule has 2 aliphatic heterocycles. The lowest BCUT2D eigenvalue weighted by Crippen LogP contribution is -2.41. The Morgan fingerprint density at radius 1 is 1.20 bits per heavy atom. The minimum atomic E-state index is -0.318. The van der Waals surface area contributed by atoms with Crippen LogP contribution in [0.4, 0.5) is 0 Å². The van der Waals surface area contributed by atoms with Gasteiger partial charge in [-0.1, -0.05) is 12.1 Å². The van der Waals surface area contributed by atoms with Crippen molar-refractivity contribution in [1.82, 2.24) is 9.80 Å². The van der Waals surface area contributed by atoms with E-state index in [9.17, 15) is 4.79 Å². The first-order valence-corrected chi connectivity index (χ1v) is 9.31. The number of nitrogens with zero attached hydrogens (tertiary/aromatic N) is 3. The Morgan fingerprint density at radius 3 is 2.56 bits per heavy atom. The van der Waals surface area contributed by atoms with E-state index in [0.717, 1.165) is 70.8 Å². The van der Waals surface area contributed by atoms with Crippen LogP contribution in [0, 0.1) is 17.2 Å². The standard InChI is InChI=1S/C20H25N3O2/c21-13-16-1-3-18(4-2-16)20(6-7-20)19(24)23-8-5-17(15-23)14-22-9-11-25-12-10-22/h1-4,17H,5-12,14-15H2. The van der Waals surface area contributed by atoms with Crippen molar-refractivity contribution in [2.45, 2.75) is 24.7 Å². The maximum absolute atomic E-state index is 13.1. The molecule has 1 atom stereocenters. The lowest BCUT2D eigenvalue weighted by molar-refractivity contribution is -0.133. The van der Waals surface area contributed by atoms with Crippen LogP contribution in [-0.2, 0) is 14.9 Å². The Hall–Kier alpha value is -1.90. The SMILES string of the molecule is N#Cc1ccc(C2(C(=O)N3CCC(CN4CCOCC4)C3)CC2)cc1. The highest BCUT2D eigenvalue weighted by molar-refractivity contribution is 5.91. The Balaban J connectivity index is 1.38. The third-order valence-electron chi connectivity index (χ3n) is 5.92. The molecule has 1 amide bonds. The van der Waals surface area contributed by atoms with Gasteiger partial charge in [-0.15, -0.1) is 0 Å². The van der Waals surface area contributed by atoms with Crippen LogP contribution in [0.3, 0.4) is 0 Å². The molecule has 1 aromatic carbocycles. The van der Waals surface area contributed by atoms with Gasteiger partial charge in [0.1, 0.15) is 0 Å². The number of likely N-dealkylation sites (tertiary alicyclic amines) is 1. The van der Waals surface area contributed by atoms with Gasteiger partial charge in [0.25, 0.3) is 0 Å². The van der Waals surface area contributed by atoms with Crippen molar-refractivity contribution in [3.63, 3.8) is 0 Å². The zero-order valence-electron chi connectivity index (χ0n) is 14.6. The van der Waals surface area contributed by atoms with Crippen molar-refractivity contribution in [1.29, 1.82) is 5.26 Å². The van der Waals surface area contributed by atoms with Gasteiger partial charge in [-0.25, -0.2) is 0 Å². The van der Waals surface area contributed by atoms with Crippen LogP contribution in [0.25, 0.3) is 0 Å². The number of rotatable bonds is 4. The fourth-order valence-electron chi connectivity index (χ4n) is 4.23. The van der Waals surface area contributed by atoms with Crippen LogP contribution >= 0.6 is 0 Å². The molecule has 1 aromatic rings. The third kappa shape index (κ3) is 3.29. The third-order valence-corrected chi connectivity index (χ3v) is 5.92. The van der Waals surface area contributed by atoms with E-state index in [4.69, 9.17) is 10.00 Å². The average Bonchev–Trinajstić information content (AvgIpc) is 3.35. The highest BCUT2D eigenvalue weighted by atomic mass is 16.5. The largest absolute Gasteiger partial charge is 0.379 e. The minimum absolute atomic E-state index is 0.293. The van der Waals surface area contributed by atoms with E-state index < -0.39 is 0 Å². The normalized spacial score (nSPS) is 25.6. The molecule has 0 aromatic heterocycles. The smallest absolute Gasteiger partial charge is 0.233 e. The van der Waals surface area contributed by atoms with Gasteiger partial charge in [-0.2, -0.15) is 5.26 Å². The molecule has 132 valence electrons. The molecular weight excluding hydrogens is 314 g/mol. The number of morpholine rings is 1. The summed E-state index contributed by atoms with van der Waals surface area (Å²) in [5.41, 5.74) is 1.41. The molecule has 0 spiro atoms. The van der Waals surface area contributed by atoms with E-state index in [-0.39, 0.29) is 5.41 Å². The molecular formula is C20H25N3O2. The first kappa shape index (κ1) is 16.6. The van der Waals surface area contributed by atoms with Crippen molar-refractivity contribution in [2.75, 3.05) is 45.9 Å². The van der Waals surface area contributed by atoms with Crippen LogP contribution in [0.2, 0.25) is 0 Å². The Kier molecular flexibility index (Phi) is 4.49. The summed E-state index contributed by atoms with van der Waals surface area (Å²) in [5.74, 6) is 0.875. The highest BCUT2D eigenvalue weighted by Gasteiger charge is 2.53. The zero-order chi connectivity index (χ0) is 17.3. The Labute approximate surface area is 149 Å². The van der Waals surface area contributed by atoms with E-state index >= 15 is 0 Å². The zero-order valence-corrected chi connectivity index (χ0v) is 14.6. The number of carbonyl (C=O) groups is 1. The average molecular weight is 339 g/mol. The molecule has 25 heavy (non-hydrogen) atoms. The molecule has 5 heteroatoms. The van der Waals surface area contributed by atoms with Crippen molar-refractivity contribution in [3.05, 3.63) is 35.4 Å². The summed E-state index contributed by atoms with van der Waals surface area (Å²) in [4.78, 5) is 17.7. The first-order chi connectivity index (χ1) is 12.2. The second-order valence-corrected chi connectivity index (χ2v) is 7.59. The summed E-state index contributed by atoms with van der Waals surface area (Å²) >= 11 is 0. The topological polar surface area (TPSA) is 56.6 Å². The quantitative estimate of drug-likeness (QED) is 0.839. The van der Waals surface area contributed by atoms with Gasteiger partial charge in [0, 0.05) is 32.7 Å². The second-order valence-electron chi connectivity index (χ2n) is 7.59.